The normalized spacial score (nSPS) is 20.4. The second-order valence-electron chi connectivity index (χ2n) is 2.56. The fourth-order valence-electron chi connectivity index (χ4n) is 0.548. The number of nitrogens with zero attached hydrogens (tertiary/aromatic N) is 1. The van der Waals surface area contributed by atoms with Crippen molar-refractivity contribution in [3.63, 3.8) is 0 Å². The minimum Gasteiger partial charge on any atom is -0.475 e. The largest absolute Gasteiger partial charge is 0.490 e. The molecule has 1 aliphatic heterocycles. The number of halogens is 5. The molecular weight excluding hydrogens is 215 g/mol. The number of rotatable bonds is 0. The Bertz CT molecular complexity index is 209. The number of hydrogen-bond donors (Lipinski definition) is 2. The molecule has 3 N–H and O–H groups in total. The number of hydrogen-bond acceptors (Lipinski definition) is 3. The molecule has 0 aromatic rings. The second kappa shape index (κ2) is 4.05. The number of aliphatic carboxylic acids is 1. The van der Waals surface area contributed by atoms with Crippen LogP contribution in [0.1, 0.15) is 0 Å². The van der Waals surface area contributed by atoms with Gasteiger partial charge in [-0.25, -0.2) is 18.6 Å². The monoisotopic (exact) mass is 222 g/mol. The predicted octanol–water partition coefficient (Wildman–Crippen LogP) is 0.444. The van der Waals surface area contributed by atoms with Crippen molar-refractivity contribution >= 4 is 5.97 Å². The first-order valence-corrected chi connectivity index (χ1v) is 3.22. The van der Waals surface area contributed by atoms with Gasteiger partial charge in [-0.1, -0.05) is 0 Å². The van der Waals surface area contributed by atoms with E-state index in [4.69, 9.17) is 15.7 Å². The molecule has 0 atom stereocenters. The molecule has 4 nitrogen and oxygen atoms in total. The maximum atomic E-state index is 11.7. The highest BCUT2D eigenvalue weighted by Crippen LogP contribution is 2.22. The SMILES string of the molecule is NN1CC(F)(F)C1.O=C(O)C(F)(F)F. The molecule has 0 amide bonds. The van der Waals surface area contributed by atoms with Gasteiger partial charge in [0.25, 0.3) is 5.92 Å². The van der Waals surface area contributed by atoms with Crippen molar-refractivity contribution in [2.45, 2.75) is 12.1 Å². The topological polar surface area (TPSA) is 66.6 Å². The zero-order valence-electron chi connectivity index (χ0n) is 6.68. The van der Waals surface area contributed by atoms with Gasteiger partial charge in [-0.15, -0.1) is 0 Å². The van der Waals surface area contributed by atoms with Crippen molar-refractivity contribution in [3.05, 3.63) is 0 Å². The quantitative estimate of drug-likeness (QED) is 0.461. The summed E-state index contributed by atoms with van der Waals surface area (Å²) in [6.07, 6.45) is -5.08. The molecule has 9 heteroatoms. The smallest absolute Gasteiger partial charge is 0.475 e. The van der Waals surface area contributed by atoms with Crippen LogP contribution in [0.25, 0.3) is 0 Å². The van der Waals surface area contributed by atoms with Crippen molar-refractivity contribution in [2.75, 3.05) is 13.1 Å². The first-order valence-electron chi connectivity index (χ1n) is 3.22. The highest BCUT2D eigenvalue weighted by atomic mass is 19.4. The summed E-state index contributed by atoms with van der Waals surface area (Å²) in [5, 5.41) is 8.21. The van der Waals surface area contributed by atoms with Crippen LogP contribution in [0, 0.1) is 0 Å². The van der Waals surface area contributed by atoms with E-state index in [-0.39, 0.29) is 13.1 Å². The minimum absolute atomic E-state index is 0.285. The summed E-state index contributed by atoms with van der Waals surface area (Å²) in [6, 6.07) is 0. The van der Waals surface area contributed by atoms with Crippen LogP contribution in [0.5, 0.6) is 0 Å². The standard InChI is InChI=1S/C3H6F2N2.C2HF3O2/c4-3(5)1-7(6)2-3;3-2(4,5)1(6)7/h1-2,6H2;(H,6,7). The Morgan fingerprint density at radius 1 is 1.36 bits per heavy atom. The molecule has 1 heterocycles. The molecule has 1 fully saturated rings. The number of carboxylic acids is 1. The molecule has 0 saturated carbocycles. The number of carboxylic acid groups (broad SMARTS) is 1. The highest BCUT2D eigenvalue weighted by molar-refractivity contribution is 5.73. The predicted molar refractivity (Wildman–Crippen MR) is 34.4 cm³/mol. The van der Waals surface area contributed by atoms with Crippen LogP contribution in [0.15, 0.2) is 0 Å². The fourth-order valence-corrected chi connectivity index (χ4v) is 0.548. The Morgan fingerprint density at radius 3 is 1.64 bits per heavy atom. The van der Waals surface area contributed by atoms with Crippen LogP contribution in [0.2, 0.25) is 0 Å². The van der Waals surface area contributed by atoms with E-state index in [1.54, 1.807) is 0 Å². The van der Waals surface area contributed by atoms with Crippen molar-refractivity contribution in [2.24, 2.45) is 5.84 Å². The van der Waals surface area contributed by atoms with E-state index in [1.807, 2.05) is 0 Å². The molecule has 14 heavy (non-hydrogen) atoms. The third-order valence-electron chi connectivity index (χ3n) is 1.11. The Morgan fingerprint density at radius 2 is 1.64 bits per heavy atom. The van der Waals surface area contributed by atoms with E-state index in [0.29, 0.717) is 0 Å². The summed E-state index contributed by atoms with van der Waals surface area (Å²) in [5.74, 6) is -0.355. The molecule has 1 rings (SSSR count). The average Bonchev–Trinajstić information content (AvgIpc) is 1.81. The summed E-state index contributed by atoms with van der Waals surface area (Å²) in [6.45, 7) is -0.569. The summed E-state index contributed by atoms with van der Waals surface area (Å²) in [5.41, 5.74) is 0. The zero-order valence-corrected chi connectivity index (χ0v) is 6.68. The van der Waals surface area contributed by atoms with Gasteiger partial charge >= 0.3 is 12.1 Å². The lowest BCUT2D eigenvalue weighted by molar-refractivity contribution is -0.192. The molecular formula is C5H7F5N2O2. The van der Waals surface area contributed by atoms with Crippen LogP contribution < -0.4 is 5.84 Å². The van der Waals surface area contributed by atoms with Crippen molar-refractivity contribution < 1.29 is 31.9 Å². The van der Waals surface area contributed by atoms with E-state index in [2.05, 4.69) is 0 Å². The van der Waals surface area contributed by atoms with Gasteiger partial charge in [0.1, 0.15) is 0 Å². The third-order valence-corrected chi connectivity index (χ3v) is 1.11. The molecule has 0 aliphatic carbocycles. The third kappa shape index (κ3) is 4.92. The van der Waals surface area contributed by atoms with E-state index in [1.165, 1.54) is 0 Å². The Kier molecular flexibility index (Phi) is 3.77. The number of hydrazine groups is 1. The Labute approximate surface area is 75.1 Å². The lowest BCUT2D eigenvalue weighted by Crippen LogP contribution is -2.59. The molecule has 84 valence electrons. The van der Waals surface area contributed by atoms with Crippen LogP contribution in [0.3, 0.4) is 0 Å². The van der Waals surface area contributed by atoms with Crippen LogP contribution >= 0.6 is 0 Å². The number of alkyl halides is 5. The molecule has 0 aromatic carbocycles. The van der Waals surface area contributed by atoms with Crippen molar-refractivity contribution in [1.29, 1.82) is 0 Å². The van der Waals surface area contributed by atoms with E-state index < -0.39 is 18.1 Å². The fraction of sp³-hybridized carbons (Fsp3) is 0.800. The van der Waals surface area contributed by atoms with Crippen LogP contribution in [-0.2, 0) is 4.79 Å². The number of carbonyl (C=O) groups is 1. The summed E-state index contributed by atoms with van der Waals surface area (Å²) >= 11 is 0. The van der Waals surface area contributed by atoms with Gasteiger partial charge < -0.3 is 5.11 Å². The first-order chi connectivity index (χ1) is 6.04. The molecule has 0 aromatic heterocycles. The molecule has 0 spiro atoms. The second-order valence-corrected chi connectivity index (χ2v) is 2.56. The van der Waals surface area contributed by atoms with Gasteiger partial charge in [0, 0.05) is 0 Å². The van der Waals surface area contributed by atoms with Crippen LogP contribution in [-0.4, -0.2) is 41.3 Å². The molecule has 0 unspecified atom stereocenters. The van der Waals surface area contributed by atoms with E-state index in [9.17, 15) is 22.0 Å². The maximum absolute atomic E-state index is 11.7. The number of nitrogens with two attached hydrogens (primary N) is 1. The van der Waals surface area contributed by atoms with Gasteiger partial charge in [-0.3, -0.25) is 5.84 Å². The zero-order chi connectivity index (χ0) is 11.6. The van der Waals surface area contributed by atoms with Crippen LogP contribution in [0.4, 0.5) is 22.0 Å². The van der Waals surface area contributed by atoms with Gasteiger partial charge in [0.05, 0.1) is 13.1 Å². The van der Waals surface area contributed by atoms with Gasteiger partial charge in [-0.05, 0) is 0 Å². The molecule has 1 aliphatic rings. The highest BCUT2D eigenvalue weighted by Gasteiger charge is 2.42. The van der Waals surface area contributed by atoms with E-state index in [0.717, 1.165) is 5.01 Å². The van der Waals surface area contributed by atoms with E-state index >= 15 is 0 Å². The Hall–Kier alpha value is -0.960. The van der Waals surface area contributed by atoms with Gasteiger partial charge in [-0.2, -0.15) is 13.2 Å². The average molecular weight is 222 g/mol. The summed E-state index contributed by atoms with van der Waals surface area (Å²) in [7, 11) is 0. The van der Waals surface area contributed by atoms with Crippen molar-refractivity contribution in [3.8, 4) is 0 Å². The van der Waals surface area contributed by atoms with Gasteiger partial charge in [0.2, 0.25) is 0 Å². The molecule has 1 saturated heterocycles. The lowest BCUT2D eigenvalue weighted by atomic mass is 10.2. The Balaban J connectivity index is 0.000000241. The summed E-state index contributed by atoms with van der Waals surface area (Å²) in [4.78, 5) is 8.90. The molecule has 0 radical (unpaired) electrons. The van der Waals surface area contributed by atoms with Crippen molar-refractivity contribution in [1.82, 2.24) is 5.01 Å². The maximum Gasteiger partial charge on any atom is 0.490 e. The van der Waals surface area contributed by atoms with Gasteiger partial charge in [0.15, 0.2) is 0 Å². The molecule has 0 bridgehead atoms. The lowest BCUT2D eigenvalue weighted by Gasteiger charge is -2.34. The minimum atomic E-state index is -5.08. The first kappa shape index (κ1) is 13.0. The summed E-state index contributed by atoms with van der Waals surface area (Å²) < 4.78 is 55.1.